The summed E-state index contributed by atoms with van der Waals surface area (Å²) in [5.41, 5.74) is 1.17. The third-order valence-corrected chi connectivity index (χ3v) is 8.29. The Labute approximate surface area is 211 Å². The fraction of sp³-hybridized carbons (Fsp3) is 0.667. The molecule has 1 aromatic carbocycles. The van der Waals surface area contributed by atoms with Crippen molar-refractivity contribution >= 4 is 17.7 Å². The lowest BCUT2D eigenvalue weighted by molar-refractivity contribution is -0.136. The first-order chi connectivity index (χ1) is 17.4. The topological polar surface area (TPSA) is 97.0 Å². The van der Waals surface area contributed by atoms with E-state index in [0.717, 1.165) is 45.1 Å². The highest BCUT2D eigenvalue weighted by atomic mass is 19.1. The molecule has 1 saturated carbocycles. The number of fused-ring (bicyclic) bond motifs is 1. The number of ether oxygens (including phenoxy) is 2. The van der Waals surface area contributed by atoms with E-state index in [9.17, 15) is 14.4 Å². The lowest BCUT2D eigenvalue weighted by Crippen LogP contribution is -2.52. The quantitative estimate of drug-likeness (QED) is 0.558. The molecule has 196 valence electrons. The van der Waals surface area contributed by atoms with Crippen molar-refractivity contribution in [1.29, 1.82) is 0 Å². The zero-order valence-corrected chi connectivity index (χ0v) is 20.9. The largest absolute Gasteiger partial charge is 0.384 e. The van der Waals surface area contributed by atoms with Crippen LogP contribution >= 0.6 is 0 Å². The Balaban J connectivity index is 1.25. The van der Waals surface area contributed by atoms with Crippen LogP contribution < -0.4 is 10.6 Å². The van der Waals surface area contributed by atoms with Crippen LogP contribution in [0.3, 0.4) is 0 Å². The van der Waals surface area contributed by atoms with E-state index >= 15 is 4.39 Å². The molecule has 0 spiro atoms. The third-order valence-electron chi connectivity index (χ3n) is 8.29. The van der Waals surface area contributed by atoms with E-state index in [4.69, 9.17) is 9.47 Å². The van der Waals surface area contributed by atoms with E-state index in [1.54, 1.807) is 19.2 Å². The molecule has 1 unspecified atom stereocenters. The molecule has 2 N–H and O–H groups in total. The second-order valence-electron chi connectivity index (χ2n) is 10.7. The van der Waals surface area contributed by atoms with Crippen LogP contribution in [0.25, 0.3) is 0 Å². The molecule has 0 radical (unpaired) electrons. The van der Waals surface area contributed by atoms with Crippen molar-refractivity contribution in [3.63, 3.8) is 0 Å². The number of imide groups is 1. The van der Waals surface area contributed by atoms with E-state index in [1.807, 2.05) is 0 Å². The highest BCUT2D eigenvalue weighted by Crippen LogP contribution is 2.32. The summed E-state index contributed by atoms with van der Waals surface area (Å²) >= 11 is 0. The monoisotopic (exact) mass is 501 g/mol. The van der Waals surface area contributed by atoms with Gasteiger partial charge in [-0.1, -0.05) is 6.07 Å². The van der Waals surface area contributed by atoms with E-state index in [1.165, 1.54) is 4.90 Å². The van der Waals surface area contributed by atoms with Gasteiger partial charge in [0.15, 0.2) is 0 Å². The standard InChI is InChI=1S/C27H36FN3O5/c1-35-15-16-4-7-18(8-5-16)29-21-3-2-12-36-23(21)13-17-6-9-19-20(25(17)28)14-31(27(19)34)22-10-11-24(32)30-26(22)33/h6,9,16,18,21-23,29H,2-5,7-8,10-15H2,1H3,(H,30,32,33)/t16-,18-,21-,22?,23+/m0/s1. The van der Waals surface area contributed by atoms with Crippen LogP contribution in [-0.4, -0.2) is 67.2 Å². The molecule has 8 nitrogen and oxygen atoms in total. The number of rotatable bonds is 7. The molecule has 1 aliphatic carbocycles. The summed E-state index contributed by atoms with van der Waals surface area (Å²) in [6.45, 7) is 1.53. The van der Waals surface area contributed by atoms with Crippen LogP contribution in [0.5, 0.6) is 0 Å². The fourth-order valence-electron chi connectivity index (χ4n) is 6.29. The highest BCUT2D eigenvalue weighted by molar-refractivity contribution is 6.05. The molecule has 1 aromatic rings. The summed E-state index contributed by atoms with van der Waals surface area (Å²) in [6, 6.07) is 3.21. The van der Waals surface area contributed by atoms with Crippen molar-refractivity contribution in [2.75, 3.05) is 20.3 Å². The smallest absolute Gasteiger partial charge is 0.255 e. The summed E-state index contributed by atoms with van der Waals surface area (Å²) < 4.78 is 27.1. The maximum Gasteiger partial charge on any atom is 0.255 e. The van der Waals surface area contributed by atoms with Crippen LogP contribution in [0.15, 0.2) is 12.1 Å². The minimum absolute atomic E-state index is 0.0397. The van der Waals surface area contributed by atoms with Gasteiger partial charge in [-0.15, -0.1) is 0 Å². The number of piperidine rings is 1. The van der Waals surface area contributed by atoms with E-state index < -0.39 is 11.9 Å². The van der Waals surface area contributed by atoms with Gasteiger partial charge in [0.25, 0.3) is 5.91 Å². The van der Waals surface area contributed by atoms with Crippen molar-refractivity contribution in [3.05, 3.63) is 34.6 Å². The number of methoxy groups -OCH3 is 1. The maximum atomic E-state index is 15.7. The van der Waals surface area contributed by atoms with Crippen molar-refractivity contribution < 1.29 is 28.2 Å². The molecule has 36 heavy (non-hydrogen) atoms. The Morgan fingerprint density at radius 3 is 2.69 bits per heavy atom. The molecule has 5 rings (SSSR count). The number of hydrogen-bond acceptors (Lipinski definition) is 6. The number of nitrogens with zero attached hydrogens (tertiary/aromatic N) is 1. The van der Waals surface area contributed by atoms with Crippen LogP contribution in [0.4, 0.5) is 4.39 Å². The summed E-state index contributed by atoms with van der Waals surface area (Å²) in [4.78, 5) is 38.2. The van der Waals surface area contributed by atoms with E-state index in [0.29, 0.717) is 41.7 Å². The number of carbonyl (C=O) groups is 3. The summed E-state index contributed by atoms with van der Waals surface area (Å²) in [5.74, 6) is -0.943. The molecule has 4 aliphatic rings. The van der Waals surface area contributed by atoms with Crippen LogP contribution in [0.2, 0.25) is 0 Å². The van der Waals surface area contributed by atoms with Gasteiger partial charge in [0.2, 0.25) is 11.8 Å². The predicted octanol–water partition coefficient (Wildman–Crippen LogP) is 2.47. The number of nitrogens with one attached hydrogen (secondary N) is 2. The summed E-state index contributed by atoms with van der Waals surface area (Å²) in [5, 5.41) is 6.09. The molecule has 9 heteroatoms. The molecule has 0 aromatic heterocycles. The predicted molar refractivity (Wildman–Crippen MR) is 130 cm³/mol. The molecule has 3 fully saturated rings. The molecular formula is C27H36FN3O5. The fourth-order valence-corrected chi connectivity index (χ4v) is 6.29. The normalized spacial score (nSPS) is 30.9. The van der Waals surface area contributed by atoms with Gasteiger partial charge in [-0.3, -0.25) is 19.7 Å². The van der Waals surface area contributed by atoms with Crippen molar-refractivity contribution in [3.8, 4) is 0 Å². The number of amides is 3. The lowest BCUT2D eigenvalue weighted by atomic mass is 9.85. The Morgan fingerprint density at radius 1 is 1.14 bits per heavy atom. The van der Waals surface area contributed by atoms with Gasteiger partial charge in [-0.05, 0) is 62.5 Å². The Morgan fingerprint density at radius 2 is 1.94 bits per heavy atom. The van der Waals surface area contributed by atoms with Gasteiger partial charge in [-0.25, -0.2) is 4.39 Å². The zero-order chi connectivity index (χ0) is 25.2. The molecule has 3 amide bonds. The summed E-state index contributed by atoms with van der Waals surface area (Å²) in [6.07, 6.45) is 7.25. The Hall–Kier alpha value is -2.36. The SMILES string of the molecule is COC[C@H]1CC[C@H](N[C@H]2CCCO[C@@H]2Cc2ccc3c(c2F)CN(C2CCC(=O)NC2=O)C3=O)CC1. The zero-order valence-electron chi connectivity index (χ0n) is 20.9. The minimum atomic E-state index is -0.750. The first kappa shape index (κ1) is 25.3. The van der Waals surface area contributed by atoms with Gasteiger partial charge >= 0.3 is 0 Å². The van der Waals surface area contributed by atoms with Gasteiger partial charge in [-0.2, -0.15) is 0 Å². The first-order valence-electron chi connectivity index (χ1n) is 13.3. The van der Waals surface area contributed by atoms with Gasteiger partial charge in [0, 0.05) is 56.4 Å². The molecular weight excluding hydrogens is 465 g/mol. The van der Waals surface area contributed by atoms with Crippen LogP contribution in [0, 0.1) is 11.7 Å². The Bertz CT molecular complexity index is 1010. The van der Waals surface area contributed by atoms with Gasteiger partial charge < -0.3 is 19.7 Å². The highest BCUT2D eigenvalue weighted by Gasteiger charge is 2.41. The average molecular weight is 502 g/mol. The van der Waals surface area contributed by atoms with Crippen molar-refractivity contribution in [2.24, 2.45) is 5.92 Å². The minimum Gasteiger partial charge on any atom is -0.384 e. The van der Waals surface area contributed by atoms with Crippen LogP contribution in [0.1, 0.15) is 72.9 Å². The Kier molecular flexibility index (Phi) is 7.69. The lowest BCUT2D eigenvalue weighted by Gasteiger charge is -2.37. The third kappa shape index (κ3) is 5.19. The molecule has 0 bridgehead atoms. The first-order valence-corrected chi connectivity index (χ1v) is 13.3. The number of carbonyl (C=O) groups excluding carboxylic acids is 3. The van der Waals surface area contributed by atoms with E-state index in [-0.39, 0.29) is 49.2 Å². The molecule has 3 atom stereocenters. The molecule has 3 heterocycles. The number of benzene rings is 1. The van der Waals surface area contributed by atoms with Gasteiger partial charge in [0.05, 0.1) is 12.6 Å². The van der Waals surface area contributed by atoms with E-state index in [2.05, 4.69) is 10.6 Å². The maximum absolute atomic E-state index is 15.7. The molecule has 3 aliphatic heterocycles. The molecule has 2 saturated heterocycles. The number of halogens is 1. The number of hydrogen-bond donors (Lipinski definition) is 2. The van der Waals surface area contributed by atoms with Crippen molar-refractivity contribution in [1.82, 2.24) is 15.5 Å². The second-order valence-corrected chi connectivity index (χ2v) is 10.7. The second kappa shape index (κ2) is 10.9. The van der Waals surface area contributed by atoms with Crippen LogP contribution in [-0.2, 0) is 32.0 Å². The summed E-state index contributed by atoms with van der Waals surface area (Å²) in [7, 11) is 1.76. The van der Waals surface area contributed by atoms with Crippen molar-refractivity contribution in [2.45, 2.75) is 88.6 Å². The van der Waals surface area contributed by atoms with Gasteiger partial charge in [0.1, 0.15) is 11.9 Å². The average Bonchev–Trinajstić information content (AvgIpc) is 3.20.